The van der Waals surface area contributed by atoms with Crippen molar-refractivity contribution in [3.8, 4) is 16.9 Å². The second-order valence-corrected chi connectivity index (χ2v) is 6.33. The lowest BCUT2D eigenvalue weighted by Gasteiger charge is -2.44. The molecule has 1 aliphatic carbocycles. The maximum atomic E-state index is 12.6. The fraction of sp³-hybridized carbons (Fsp3) is 0.389. The van der Waals surface area contributed by atoms with Crippen LogP contribution in [0.2, 0.25) is 0 Å². The van der Waals surface area contributed by atoms with E-state index in [-0.39, 0.29) is 25.4 Å². The number of pyridine rings is 1. The highest BCUT2D eigenvalue weighted by Gasteiger charge is 2.61. The van der Waals surface area contributed by atoms with Crippen LogP contribution in [0.25, 0.3) is 11.1 Å². The molecule has 0 radical (unpaired) electrons. The smallest absolute Gasteiger partial charge is 0.417 e. The van der Waals surface area contributed by atoms with Gasteiger partial charge >= 0.3 is 6.18 Å². The first-order valence-corrected chi connectivity index (χ1v) is 7.71. The van der Waals surface area contributed by atoms with Crippen LogP contribution in [0.5, 0.6) is 5.75 Å². The van der Waals surface area contributed by atoms with Crippen LogP contribution >= 0.6 is 0 Å². The van der Waals surface area contributed by atoms with E-state index in [0.717, 1.165) is 16.7 Å². The van der Waals surface area contributed by atoms with Crippen LogP contribution in [0.3, 0.4) is 0 Å². The third kappa shape index (κ3) is 3.24. The molecule has 1 heterocycles. The van der Waals surface area contributed by atoms with E-state index in [0.29, 0.717) is 5.75 Å². The Balaban J connectivity index is 1.56. The number of alkyl halides is 3. The molecule has 0 aliphatic heterocycles. The number of hydrogen-bond donors (Lipinski definition) is 1. The van der Waals surface area contributed by atoms with Gasteiger partial charge in [-0.1, -0.05) is 12.1 Å². The minimum atomic E-state index is -4.56. The number of halogens is 3. The summed E-state index contributed by atoms with van der Waals surface area (Å²) in [6.45, 7) is 2.17. The molecule has 128 valence electrons. The number of rotatable bonds is 4. The molecule has 0 amide bonds. The normalized spacial score (nSPS) is 23.6. The van der Waals surface area contributed by atoms with Gasteiger partial charge in [0, 0.05) is 18.0 Å². The highest BCUT2D eigenvalue weighted by molar-refractivity contribution is 5.66. The first-order chi connectivity index (χ1) is 11.3. The minimum Gasteiger partial charge on any atom is -0.493 e. The minimum absolute atomic E-state index is 0.170. The van der Waals surface area contributed by atoms with Gasteiger partial charge in [-0.15, -0.1) is 0 Å². The van der Waals surface area contributed by atoms with E-state index in [4.69, 9.17) is 4.74 Å². The molecule has 0 spiro atoms. The molecular formula is C18H18F3NO2. The molecule has 0 saturated heterocycles. The quantitative estimate of drug-likeness (QED) is 0.912. The lowest BCUT2D eigenvalue weighted by Crippen LogP contribution is -2.56. The zero-order chi connectivity index (χ0) is 17.4. The zero-order valence-electron chi connectivity index (χ0n) is 13.2. The molecule has 3 rings (SSSR count). The van der Waals surface area contributed by atoms with Crippen molar-refractivity contribution in [2.45, 2.75) is 31.5 Å². The predicted octanol–water partition coefficient (Wildman–Crippen LogP) is 4.14. The number of ether oxygens (including phenoxy) is 1. The zero-order valence-corrected chi connectivity index (χ0v) is 13.2. The maximum absolute atomic E-state index is 12.6. The van der Waals surface area contributed by atoms with Crippen LogP contribution in [0, 0.1) is 12.8 Å². The third-order valence-corrected chi connectivity index (χ3v) is 4.47. The molecule has 24 heavy (non-hydrogen) atoms. The van der Waals surface area contributed by atoms with Crippen LogP contribution in [-0.2, 0) is 0 Å². The Morgan fingerprint density at radius 2 is 1.88 bits per heavy atom. The molecule has 1 aromatic heterocycles. The molecule has 0 bridgehead atoms. The first kappa shape index (κ1) is 16.8. The van der Waals surface area contributed by atoms with Gasteiger partial charge < -0.3 is 9.84 Å². The lowest BCUT2D eigenvalue weighted by molar-refractivity contribution is -0.300. The van der Waals surface area contributed by atoms with E-state index in [1.165, 1.54) is 0 Å². The summed E-state index contributed by atoms with van der Waals surface area (Å²) in [5.41, 5.74) is 0.601. The van der Waals surface area contributed by atoms with E-state index < -0.39 is 11.8 Å². The summed E-state index contributed by atoms with van der Waals surface area (Å²) in [4.78, 5) is 4.11. The molecule has 0 unspecified atom stereocenters. The number of aryl methyl sites for hydroxylation is 1. The topological polar surface area (TPSA) is 42.4 Å². The largest absolute Gasteiger partial charge is 0.493 e. The molecule has 1 fully saturated rings. The number of aromatic nitrogens is 1. The van der Waals surface area contributed by atoms with Gasteiger partial charge in [-0.25, -0.2) is 0 Å². The average molecular weight is 337 g/mol. The summed E-state index contributed by atoms with van der Waals surface area (Å²) >= 11 is 0. The standard InChI is InChI=1S/C18H18F3NO2/c1-12-6-7-22-10-16(12)14-2-4-15(5-3-14)24-11-13-8-17(23,9-13)18(19,20)21/h2-7,10,13,23H,8-9,11H2,1H3. The number of nitrogens with zero attached hydrogens (tertiary/aromatic N) is 1. The van der Waals surface area contributed by atoms with Crippen molar-refractivity contribution in [2.75, 3.05) is 6.61 Å². The van der Waals surface area contributed by atoms with Gasteiger partial charge in [0.05, 0.1) is 6.61 Å². The highest BCUT2D eigenvalue weighted by Crippen LogP contribution is 2.48. The van der Waals surface area contributed by atoms with Crippen molar-refractivity contribution >= 4 is 0 Å². The summed E-state index contributed by atoms with van der Waals surface area (Å²) in [5.74, 6) is 0.319. The summed E-state index contributed by atoms with van der Waals surface area (Å²) in [7, 11) is 0. The van der Waals surface area contributed by atoms with Crippen molar-refractivity contribution < 1.29 is 23.0 Å². The molecule has 1 aliphatic rings. The van der Waals surface area contributed by atoms with E-state index in [1.54, 1.807) is 24.5 Å². The van der Waals surface area contributed by atoms with Gasteiger partial charge in [0.25, 0.3) is 0 Å². The van der Waals surface area contributed by atoms with Gasteiger partial charge in [-0.3, -0.25) is 4.98 Å². The lowest BCUT2D eigenvalue weighted by atomic mass is 9.71. The van der Waals surface area contributed by atoms with E-state index in [9.17, 15) is 18.3 Å². The number of benzene rings is 1. The van der Waals surface area contributed by atoms with E-state index in [2.05, 4.69) is 4.98 Å². The van der Waals surface area contributed by atoms with Gasteiger partial charge in [0.1, 0.15) is 5.75 Å². The Bertz CT molecular complexity index is 707. The summed E-state index contributed by atoms with van der Waals surface area (Å²) < 4.78 is 43.2. The highest BCUT2D eigenvalue weighted by atomic mass is 19.4. The summed E-state index contributed by atoms with van der Waals surface area (Å²) in [5, 5.41) is 9.42. The second kappa shape index (κ2) is 6.09. The molecule has 1 aromatic carbocycles. The van der Waals surface area contributed by atoms with Crippen LogP contribution in [0.4, 0.5) is 13.2 Å². The van der Waals surface area contributed by atoms with Gasteiger partial charge in [-0.05, 0) is 55.0 Å². The fourth-order valence-electron chi connectivity index (χ4n) is 2.96. The Morgan fingerprint density at radius 3 is 2.46 bits per heavy atom. The van der Waals surface area contributed by atoms with Crippen LogP contribution in [0.15, 0.2) is 42.7 Å². The van der Waals surface area contributed by atoms with Crippen molar-refractivity contribution in [3.05, 3.63) is 48.3 Å². The van der Waals surface area contributed by atoms with Crippen molar-refractivity contribution in [1.29, 1.82) is 0 Å². The summed E-state index contributed by atoms with van der Waals surface area (Å²) in [6, 6.07) is 9.29. The van der Waals surface area contributed by atoms with Gasteiger partial charge in [-0.2, -0.15) is 13.2 Å². The van der Waals surface area contributed by atoms with Crippen LogP contribution in [-0.4, -0.2) is 28.5 Å². The number of aliphatic hydroxyl groups is 1. The average Bonchev–Trinajstić information content (AvgIpc) is 2.50. The maximum Gasteiger partial charge on any atom is 0.417 e. The molecule has 1 N–H and O–H groups in total. The Hall–Kier alpha value is -2.08. The van der Waals surface area contributed by atoms with E-state index in [1.807, 2.05) is 25.1 Å². The molecule has 0 atom stereocenters. The second-order valence-electron chi connectivity index (χ2n) is 6.33. The number of hydrogen-bond acceptors (Lipinski definition) is 3. The monoisotopic (exact) mass is 337 g/mol. The Morgan fingerprint density at radius 1 is 1.21 bits per heavy atom. The fourth-order valence-corrected chi connectivity index (χ4v) is 2.96. The predicted molar refractivity (Wildman–Crippen MR) is 83.6 cm³/mol. The van der Waals surface area contributed by atoms with Crippen molar-refractivity contribution in [1.82, 2.24) is 4.98 Å². The van der Waals surface area contributed by atoms with Gasteiger partial charge in [0.2, 0.25) is 0 Å². The van der Waals surface area contributed by atoms with Crippen LogP contribution in [0.1, 0.15) is 18.4 Å². The van der Waals surface area contributed by atoms with Gasteiger partial charge in [0.15, 0.2) is 5.60 Å². The molecule has 6 heteroatoms. The molecule has 1 saturated carbocycles. The molecular weight excluding hydrogens is 319 g/mol. The SMILES string of the molecule is Cc1ccncc1-c1ccc(OCC2CC(O)(C(F)(F)F)C2)cc1. The molecule has 3 nitrogen and oxygen atoms in total. The Kier molecular flexibility index (Phi) is 4.25. The van der Waals surface area contributed by atoms with Crippen molar-refractivity contribution in [3.63, 3.8) is 0 Å². The van der Waals surface area contributed by atoms with Crippen molar-refractivity contribution in [2.24, 2.45) is 5.92 Å². The van der Waals surface area contributed by atoms with Crippen LogP contribution < -0.4 is 4.74 Å². The van der Waals surface area contributed by atoms with E-state index >= 15 is 0 Å². The molecule has 2 aromatic rings. The Labute approximate surface area is 138 Å². The third-order valence-electron chi connectivity index (χ3n) is 4.47. The summed E-state index contributed by atoms with van der Waals surface area (Å²) in [6.07, 6.45) is -1.64. The first-order valence-electron chi connectivity index (χ1n) is 7.71.